The summed E-state index contributed by atoms with van der Waals surface area (Å²) in [7, 11) is 0. The van der Waals surface area contributed by atoms with Crippen LogP contribution in [0, 0.1) is 0 Å². The Kier molecular flexibility index (Phi) is 8.31. The number of rotatable bonds is 6. The van der Waals surface area contributed by atoms with Gasteiger partial charge in [0.05, 0.1) is 24.1 Å². The molecule has 11 heavy (non-hydrogen) atoms. The minimum absolute atomic E-state index is 0.0905. The van der Waals surface area contributed by atoms with Gasteiger partial charge in [0, 0.05) is 13.1 Å². The van der Waals surface area contributed by atoms with Crippen LogP contribution in [0.15, 0.2) is 4.99 Å². The predicted molar refractivity (Wildman–Crippen MR) is 53.1 cm³/mol. The predicted octanol–water partition coefficient (Wildman–Crippen LogP) is -0.306. The number of hydrogen-bond acceptors (Lipinski definition) is 3. The van der Waals surface area contributed by atoms with E-state index in [2.05, 4.69) is 27.6 Å². The molecule has 0 aliphatic heterocycles. The van der Waals surface area contributed by atoms with E-state index in [-0.39, 0.29) is 13.2 Å². The zero-order valence-corrected chi connectivity index (χ0v) is 8.44. The van der Waals surface area contributed by atoms with Crippen LogP contribution in [0.2, 0.25) is 0 Å². The molecule has 0 aromatic rings. The van der Waals surface area contributed by atoms with Gasteiger partial charge >= 0.3 is 0 Å². The smallest absolute Gasteiger partial charge is 0.0921 e. The first-order chi connectivity index (χ1) is 5.35. The van der Waals surface area contributed by atoms with E-state index in [0.717, 1.165) is 0 Å². The molecular weight excluding hydrogens is 259 g/mol. The van der Waals surface area contributed by atoms with Crippen molar-refractivity contribution in [1.82, 2.24) is 4.90 Å². The number of halogens is 1. The number of nitrogens with zero attached hydrogens (tertiary/aromatic N) is 2. The highest BCUT2D eigenvalue weighted by Gasteiger charge is 1.95. The number of aliphatic imine (C=N–C) groups is 1. The molecule has 0 aromatic heterocycles. The van der Waals surface area contributed by atoms with Crippen molar-refractivity contribution in [3.05, 3.63) is 0 Å². The summed E-state index contributed by atoms with van der Waals surface area (Å²) in [4.78, 5) is 5.75. The van der Waals surface area contributed by atoms with Crippen molar-refractivity contribution in [2.24, 2.45) is 4.99 Å². The second kappa shape index (κ2) is 8.22. The molecule has 5 heteroatoms. The Bertz CT molecular complexity index is 105. The molecule has 0 fully saturated rings. The van der Waals surface area contributed by atoms with E-state index < -0.39 is 0 Å². The molecule has 66 valence electrons. The molecule has 0 aliphatic rings. The normalized spacial score (nSPS) is 10.8. The van der Waals surface area contributed by atoms with Crippen LogP contribution in [0.25, 0.3) is 0 Å². The van der Waals surface area contributed by atoms with E-state index in [1.807, 2.05) is 0 Å². The van der Waals surface area contributed by atoms with Crippen LogP contribution in [0.1, 0.15) is 0 Å². The van der Waals surface area contributed by atoms with E-state index >= 15 is 0 Å². The maximum absolute atomic E-state index is 8.58. The molecule has 0 radical (unpaired) electrons. The lowest BCUT2D eigenvalue weighted by atomic mass is 10.5. The third kappa shape index (κ3) is 6.52. The summed E-state index contributed by atoms with van der Waals surface area (Å²) in [6.45, 7) is 1.24. The van der Waals surface area contributed by atoms with Crippen molar-refractivity contribution in [3.8, 4) is 0 Å². The number of hydrogen-bond donors (Lipinski definition) is 2. The lowest BCUT2D eigenvalue weighted by Crippen LogP contribution is -2.28. The van der Waals surface area contributed by atoms with E-state index in [1.54, 1.807) is 11.2 Å². The molecule has 0 rings (SSSR count). The standard InChI is InChI=1S/C6H13IN2O2/c7-5-8-6-9(1-3-10)2-4-11/h6,10-11H,1-5H2/b8-6-. The largest absolute Gasteiger partial charge is 0.395 e. The second-order valence-corrected chi connectivity index (χ2v) is 2.58. The quantitative estimate of drug-likeness (QED) is 0.229. The van der Waals surface area contributed by atoms with Gasteiger partial charge in [0.1, 0.15) is 0 Å². The average Bonchev–Trinajstić information content (AvgIpc) is 2.01. The van der Waals surface area contributed by atoms with Gasteiger partial charge in [0.2, 0.25) is 0 Å². The fourth-order valence-electron chi connectivity index (χ4n) is 0.630. The summed E-state index contributed by atoms with van der Waals surface area (Å²) in [5.74, 6) is 0. The van der Waals surface area contributed by atoms with Gasteiger partial charge < -0.3 is 15.1 Å². The van der Waals surface area contributed by atoms with Crippen LogP contribution in [0.4, 0.5) is 0 Å². The Morgan fingerprint density at radius 1 is 1.27 bits per heavy atom. The molecule has 0 heterocycles. The van der Waals surface area contributed by atoms with Gasteiger partial charge in [0.15, 0.2) is 0 Å². The summed E-state index contributed by atoms with van der Waals surface area (Å²) in [6.07, 6.45) is 1.65. The highest BCUT2D eigenvalue weighted by atomic mass is 127. The van der Waals surface area contributed by atoms with Crippen molar-refractivity contribution in [1.29, 1.82) is 0 Å². The Morgan fingerprint density at radius 3 is 2.18 bits per heavy atom. The monoisotopic (exact) mass is 272 g/mol. The fraction of sp³-hybridized carbons (Fsp3) is 0.833. The van der Waals surface area contributed by atoms with Crippen molar-refractivity contribution in [3.63, 3.8) is 0 Å². The zero-order valence-electron chi connectivity index (χ0n) is 6.28. The van der Waals surface area contributed by atoms with Crippen LogP contribution in [-0.4, -0.2) is 52.3 Å². The molecule has 0 amide bonds. The fourth-order valence-corrected chi connectivity index (χ4v) is 0.807. The Balaban J connectivity index is 3.58. The molecule has 0 bridgehead atoms. The van der Waals surface area contributed by atoms with Gasteiger partial charge in [-0.1, -0.05) is 22.6 Å². The van der Waals surface area contributed by atoms with Gasteiger partial charge in [-0.05, 0) is 0 Å². The molecule has 0 saturated carbocycles. The average molecular weight is 272 g/mol. The Morgan fingerprint density at radius 2 is 1.82 bits per heavy atom. The lowest BCUT2D eigenvalue weighted by molar-refractivity contribution is 0.215. The summed E-state index contributed by atoms with van der Waals surface area (Å²) < 4.78 is 0.700. The highest BCUT2D eigenvalue weighted by Crippen LogP contribution is 1.85. The van der Waals surface area contributed by atoms with Crippen LogP contribution in [0.3, 0.4) is 0 Å². The first kappa shape index (κ1) is 11.1. The van der Waals surface area contributed by atoms with Crippen LogP contribution >= 0.6 is 22.6 Å². The van der Waals surface area contributed by atoms with Gasteiger partial charge in [-0.15, -0.1) is 0 Å². The van der Waals surface area contributed by atoms with Gasteiger partial charge in [-0.3, -0.25) is 4.99 Å². The molecule has 4 nitrogen and oxygen atoms in total. The molecule has 0 aromatic carbocycles. The Hall–Kier alpha value is 0.120. The molecule has 0 unspecified atom stereocenters. The maximum Gasteiger partial charge on any atom is 0.0921 e. The maximum atomic E-state index is 8.58. The molecule has 0 saturated heterocycles. The van der Waals surface area contributed by atoms with Crippen molar-refractivity contribution < 1.29 is 10.2 Å². The molecule has 0 atom stereocenters. The van der Waals surface area contributed by atoms with Crippen molar-refractivity contribution >= 4 is 28.9 Å². The van der Waals surface area contributed by atoms with Crippen molar-refractivity contribution in [2.45, 2.75) is 0 Å². The minimum atomic E-state index is 0.0905. The van der Waals surface area contributed by atoms with E-state index in [4.69, 9.17) is 10.2 Å². The topological polar surface area (TPSA) is 56.1 Å². The highest BCUT2D eigenvalue weighted by molar-refractivity contribution is 14.1. The molecule has 2 N–H and O–H groups in total. The molecule has 0 aliphatic carbocycles. The third-order valence-electron chi connectivity index (χ3n) is 1.09. The van der Waals surface area contributed by atoms with Gasteiger partial charge in [-0.2, -0.15) is 0 Å². The van der Waals surface area contributed by atoms with Gasteiger partial charge in [0.25, 0.3) is 0 Å². The van der Waals surface area contributed by atoms with Crippen LogP contribution in [-0.2, 0) is 0 Å². The summed E-state index contributed by atoms with van der Waals surface area (Å²) >= 11 is 2.13. The summed E-state index contributed by atoms with van der Waals surface area (Å²) in [5, 5.41) is 17.2. The number of aliphatic hydroxyl groups is 2. The van der Waals surface area contributed by atoms with E-state index in [1.165, 1.54) is 0 Å². The van der Waals surface area contributed by atoms with Crippen LogP contribution in [0.5, 0.6) is 0 Å². The molecular formula is C6H13IN2O2. The number of aliphatic hydroxyl groups excluding tert-OH is 2. The van der Waals surface area contributed by atoms with Crippen LogP contribution < -0.4 is 0 Å². The van der Waals surface area contributed by atoms with Crippen molar-refractivity contribution in [2.75, 3.05) is 30.9 Å². The Labute approximate surface area is 80.1 Å². The summed E-state index contributed by atoms with van der Waals surface area (Å²) in [5.41, 5.74) is 0. The number of alkyl halides is 1. The van der Waals surface area contributed by atoms with E-state index in [0.29, 0.717) is 17.6 Å². The SMILES string of the molecule is OCCN(/C=N\CI)CCO. The first-order valence-electron chi connectivity index (χ1n) is 3.36. The molecule has 0 spiro atoms. The first-order valence-corrected chi connectivity index (χ1v) is 4.89. The van der Waals surface area contributed by atoms with E-state index in [9.17, 15) is 0 Å². The summed E-state index contributed by atoms with van der Waals surface area (Å²) in [6, 6.07) is 0. The minimum Gasteiger partial charge on any atom is -0.395 e. The zero-order chi connectivity index (χ0) is 8.53. The second-order valence-electron chi connectivity index (χ2n) is 1.90. The van der Waals surface area contributed by atoms with Gasteiger partial charge in [-0.25, -0.2) is 0 Å². The lowest BCUT2D eigenvalue weighted by Gasteiger charge is -2.15. The third-order valence-corrected chi connectivity index (χ3v) is 1.48.